The van der Waals surface area contributed by atoms with Crippen LogP contribution in [0.15, 0.2) is 47.9 Å². The first kappa shape index (κ1) is 16.0. The number of amides is 2. The molecule has 4 nitrogen and oxygen atoms in total. The Kier molecular flexibility index (Phi) is 5.49. The Morgan fingerprint density at radius 3 is 2.73 bits per heavy atom. The van der Waals surface area contributed by atoms with Crippen molar-refractivity contribution < 1.29 is 9.59 Å². The first-order chi connectivity index (χ1) is 10.5. The average molecular weight is 314 g/mol. The van der Waals surface area contributed by atoms with Gasteiger partial charge in [0.25, 0.3) is 0 Å². The van der Waals surface area contributed by atoms with Crippen LogP contribution in [0.4, 0.5) is 5.69 Å². The van der Waals surface area contributed by atoms with Gasteiger partial charge in [-0.2, -0.15) is 0 Å². The number of nitrogens with one attached hydrogen (secondary N) is 2. The second-order valence-electron chi connectivity index (χ2n) is 4.89. The second kappa shape index (κ2) is 7.56. The standard InChI is InChI=1S/C17H18N2O2S/c1-12(14-5-3-6-15(11-14)19-13(2)20)18-17(21)9-8-16-7-4-10-22-16/h3-12H,1-2H3,(H,18,21)(H,19,20)/b9-8+. The summed E-state index contributed by atoms with van der Waals surface area (Å²) in [4.78, 5) is 24.0. The Bertz CT molecular complexity index is 678. The molecular weight excluding hydrogens is 296 g/mol. The van der Waals surface area contributed by atoms with Crippen LogP contribution in [0.1, 0.15) is 30.3 Å². The fourth-order valence-corrected chi connectivity index (χ4v) is 2.60. The Hall–Kier alpha value is -2.40. The quantitative estimate of drug-likeness (QED) is 0.829. The highest BCUT2D eigenvalue weighted by molar-refractivity contribution is 7.10. The van der Waals surface area contributed by atoms with Crippen LogP contribution in [0, 0.1) is 0 Å². The summed E-state index contributed by atoms with van der Waals surface area (Å²) in [6, 6.07) is 11.2. The molecule has 0 radical (unpaired) electrons. The molecule has 2 N–H and O–H groups in total. The fraction of sp³-hybridized carbons (Fsp3) is 0.176. The minimum absolute atomic E-state index is 0.118. The molecule has 114 valence electrons. The number of anilines is 1. The lowest BCUT2D eigenvalue weighted by Gasteiger charge is -2.14. The zero-order valence-electron chi connectivity index (χ0n) is 12.5. The molecule has 1 aromatic heterocycles. The van der Waals surface area contributed by atoms with Crippen LogP contribution in [0.5, 0.6) is 0 Å². The highest BCUT2D eigenvalue weighted by Gasteiger charge is 2.08. The Morgan fingerprint density at radius 2 is 2.05 bits per heavy atom. The van der Waals surface area contributed by atoms with E-state index in [1.54, 1.807) is 17.4 Å². The summed E-state index contributed by atoms with van der Waals surface area (Å²) in [5.41, 5.74) is 1.66. The summed E-state index contributed by atoms with van der Waals surface area (Å²) in [5, 5.41) is 7.60. The molecule has 0 bridgehead atoms. The van der Waals surface area contributed by atoms with Gasteiger partial charge in [0.15, 0.2) is 0 Å². The van der Waals surface area contributed by atoms with Gasteiger partial charge in [0.1, 0.15) is 0 Å². The lowest BCUT2D eigenvalue weighted by atomic mass is 10.1. The van der Waals surface area contributed by atoms with Crippen molar-refractivity contribution in [3.8, 4) is 0 Å². The number of carbonyl (C=O) groups is 2. The highest BCUT2D eigenvalue weighted by Crippen LogP contribution is 2.17. The van der Waals surface area contributed by atoms with E-state index in [-0.39, 0.29) is 17.9 Å². The molecule has 22 heavy (non-hydrogen) atoms. The molecule has 0 aliphatic carbocycles. The molecule has 0 saturated heterocycles. The molecule has 1 atom stereocenters. The third-order valence-electron chi connectivity index (χ3n) is 3.01. The monoisotopic (exact) mass is 314 g/mol. The van der Waals surface area contributed by atoms with Crippen LogP contribution in [0.3, 0.4) is 0 Å². The maximum absolute atomic E-state index is 11.9. The van der Waals surface area contributed by atoms with Gasteiger partial charge in [-0.15, -0.1) is 11.3 Å². The summed E-state index contributed by atoms with van der Waals surface area (Å²) in [7, 11) is 0. The first-order valence-corrected chi connectivity index (χ1v) is 7.82. The third-order valence-corrected chi connectivity index (χ3v) is 3.85. The molecule has 2 rings (SSSR count). The Balaban J connectivity index is 1.97. The number of carbonyl (C=O) groups excluding carboxylic acids is 2. The third kappa shape index (κ3) is 4.86. The molecule has 2 aromatic rings. The van der Waals surface area contributed by atoms with Gasteiger partial charge >= 0.3 is 0 Å². The van der Waals surface area contributed by atoms with Crippen molar-refractivity contribution in [1.82, 2.24) is 5.32 Å². The van der Waals surface area contributed by atoms with E-state index < -0.39 is 0 Å². The van der Waals surface area contributed by atoms with E-state index in [0.29, 0.717) is 0 Å². The van der Waals surface area contributed by atoms with Crippen LogP contribution in [-0.2, 0) is 9.59 Å². The smallest absolute Gasteiger partial charge is 0.244 e. The summed E-state index contributed by atoms with van der Waals surface area (Å²) in [6.45, 7) is 3.37. The molecule has 0 aliphatic heterocycles. The van der Waals surface area contributed by atoms with Crippen molar-refractivity contribution in [2.24, 2.45) is 0 Å². The topological polar surface area (TPSA) is 58.2 Å². The van der Waals surface area contributed by atoms with E-state index in [2.05, 4.69) is 10.6 Å². The molecule has 0 aliphatic rings. The number of hydrogen-bond acceptors (Lipinski definition) is 3. The maximum Gasteiger partial charge on any atom is 0.244 e. The molecule has 0 fully saturated rings. The lowest BCUT2D eigenvalue weighted by Crippen LogP contribution is -2.24. The van der Waals surface area contributed by atoms with Gasteiger partial charge in [0, 0.05) is 23.6 Å². The molecule has 0 saturated carbocycles. The summed E-state index contributed by atoms with van der Waals surface area (Å²) in [5.74, 6) is -0.265. The SMILES string of the molecule is CC(=O)Nc1cccc(C(C)NC(=O)/C=C/c2cccs2)c1. The van der Waals surface area contributed by atoms with E-state index >= 15 is 0 Å². The first-order valence-electron chi connectivity index (χ1n) is 6.94. The number of thiophene rings is 1. The molecule has 1 unspecified atom stereocenters. The summed E-state index contributed by atoms with van der Waals surface area (Å²) in [6.07, 6.45) is 3.32. The van der Waals surface area contributed by atoms with Crippen LogP contribution in [0.2, 0.25) is 0 Å². The highest BCUT2D eigenvalue weighted by atomic mass is 32.1. The fourth-order valence-electron chi connectivity index (χ4n) is 1.98. The summed E-state index contributed by atoms with van der Waals surface area (Å²) >= 11 is 1.58. The Labute approximate surface area is 133 Å². The van der Waals surface area contributed by atoms with E-state index in [4.69, 9.17) is 0 Å². The molecule has 2 amide bonds. The van der Waals surface area contributed by atoms with E-state index in [9.17, 15) is 9.59 Å². The zero-order chi connectivity index (χ0) is 15.9. The molecular formula is C17H18N2O2S. The zero-order valence-corrected chi connectivity index (χ0v) is 13.3. The van der Waals surface area contributed by atoms with Crippen molar-refractivity contribution in [3.63, 3.8) is 0 Å². The number of benzene rings is 1. The maximum atomic E-state index is 11.9. The van der Waals surface area contributed by atoms with Crippen LogP contribution in [0.25, 0.3) is 6.08 Å². The van der Waals surface area contributed by atoms with Crippen molar-refractivity contribution in [2.45, 2.75) is 19.9 Å². The predicted molar refractivity (Wildman–Crippen MR) is 90.7 cm³/mol. The van der Waals surface area contributed by atoms with Gasteiger partial charge < -0.3 is 10.6 Å². The van der Waals surface area contributed by atoms with Crippen molar-refractivity contribution in [1.29, 1.82) is 0 Å². The average Bonchev–Trinajstić information content (AvgIpc) is 2.98. The second-order valence-corrected chi connectivity index (χ2v) is 5.86. The van der Waals surface area contributed by atoms with E-state index in [1.165, 1.54) is 13.0 Å². The number of rotatable bonds is 5. The minimum atomic E-state index is -0.147. The molecule has 1 aromatic carbocycles. The van der Waals surface area contributed by atoms with E-state index in [0.717, 1.165) is 16.1 Å². The van der Waals surface area contributed by atoms with Gasteiger partial charge in [-0.05, 0) is 42.1 Å². The predicted octanol–water partition coefficient (Wildman–Crippen LogP) is 3.60. The molecule has 0 spiro atoms. The van der Waals surface area contributed by atoms with Crippen LogP contribution >= 0.6 is 11.3 Å². The minimum Gasteiger partial charge on any atom is -0.346 e. The van der Waals surface area contributed by atoms with Crippen LogP contribution in [-0.4, -0.2) is 11.8 Å². The molecule has 5 heteroatoms. The summed E-state index contributed by atoms with van der Waals surface area (Å²) < 4.78 is 0. The van der Waals surface area contributed by atoms with Gasteiger partial charge in [-0.3, -0.25) is 9.59 Å². The van der Waals surface area contributed by atoms with Gasteiger partial charge in [0.2, 0.25) is 11.8 Å². The normalized spacial score (nSPS) is 12.1. The Morgan fingerprint density at radius 1 is 1.23 bits per heavy atom. The van der Waals surface area contributed by atoms with Gasteiger partial charge in [0.05, 0.1) is 6.04 Å². The largest absolute Gasteiger partial charge is 0.346 e. The molecule has 1 heterocycles. The van der Waals surface area contributed by atoms with E-state index in [1.807, 2.05) is 48.7 Å². The lowest BCUT2D eigenvalue weighted by molar-refractivity contribution is -0.117. The van der Waals surface area contributed by atoms with Crippen molar-refractivity contribution in [3.05, 3.63) is 58.3 Å². The van der Waals surface area contributed by atoms with Gasteiger partial charge in [-0.1, -0.05) is 18.2 Å². The van der Waals surface area contributed by atoms with Gasteiger partial charge in [-0.25, -0.2) is 0 Å². The number of hydrogen-bond donors (Lipinski definition) is 2. The van der Waals surface area contributed by atoms with Crippen molar-refractivity contribution >= 4 is 34.9 Å². The van der Waals surface area contributed by atoms with Crippen molar-refractivity contribution in [2.75, 3.05) is 5.32 Å². The van der Waals surface area contributed by atoms with Crippen LogP contribution < -0.4 is 10.6 Å².